The smallest absolute Gasteiger partial charge is 0.330 e. The molecular formula is C17H21F3N4O. The van der Waals surface area contributed by atoms with Crippen LogP contribution >= 0.6 is 0 Å². The van der Waals surface area contributed by atoms with Crippen LogP contribution in [-0.4, -0.2) is 47.1 Å². The van der Waals surface area contributed by atoms with Crippen LogP contribution in [0.2, 0.25) is 0 Å². The van der Waals surface area contributed by atoms with Crippen molar-refractivity contribution in [1.82, 2.24) is 20.7 Å². The molecule has 2 saturated heterocycles. The van der Waals surface area contributed by atoms with Crippen LogP contribution in [0.15, 0.2) is 24.5 Å². The fourth-order valence-electron chi connectivity index (χ4n) is 4.81. The van der Waals surface area contributed by atoms with E-state index in [0.29, 0.717) is 13.0 Å². The highest BCUT2D eigenvalue weighted by molar-refractivity contribution is 5.82. The number of halogens is 3. The molecule has 1 amide bonds. The van der Waals surface area contributed by atoms with Gasteiger partial charge in [0.2, 0.25) is 5.91 Å². The lowest BCUT2D eigenvalue weighted by atomic mass is 9.67. The summed E-state index contributed by atoms with van der Waals surface area (Å²) in [4.78, 5) is 17.8. The van der Waals surface area contributed by atoms with E-state index in [2.05, 4.69) is 15.8 Å². The predicted molar refractivity (Wildman–Crippen MR) is 84.3 cm³/mol. The minimum atomic E-state index is -4.38. The standard InChI is InChI=1S/C17H21F3N4O/c18-17(19,20)9-24-14-7-11(10-3-5-21-6-4-10)1-2-12(14)15-13(16(24)25)8-22-23-15/h3-6,11-15,22-23H,1-2,7-9H2. The SMILES string of the molecule is O=C1C2CNNC2C2CCC(c3ccncc3)CC2N1CC(F)(F)F. The average molecular weight is 354 g/mol. The Hall–Kier alpha value is -1.67. The number of rotatable bonds is 2. The quantitative estimate of drug-likeness (QED) is 0.851. The van der Waals surface area contributed by atoms with Crippen molar-refractivity contribution in [3.05, 3.63) is 30.1 Å². The number of pyridine rings is 1. The molecule has 3 aliphatic rings. The number of fused-ring (bicyclic) bond motifs is 3. The van der Waals surface area contributed by atoms with Gasteiger partial charge >= 0.3 is 6.18 Å². The summed E-state index contributed by atoms with van der Waals surface area (Å²) in [6, 6.07) is 3.39. The number of carbonyl (C=O) groups excluding carboxylic acids is 1. The van der Waals surface area contributed by atoms with Crippen LogP contribution in [0.5, 0.6) is 0 Å². The molecule has 4 rings (SSSR count). The van der Waals surface area contributed by atoms with E-state index >= 15 is 0 Å². The second-order valence-corrected chi connectivity index (χ2v) is 7.26. The van der Waals surface area contributed by atoms with Crippen molar-refractivity contribution in [2.45, 2.75) is 43.4 Å². The van der Waals surface area contributed by atoms with E-state index in [9.17, 15) is 18.0 Å². The van der Waals surface area contributed by atoms with Crippen molar-refractivity contribution in [3.63, 3.8) is 0 Å². The average Bonchev–Trinajstić information content (AvgIpc) is 3.08. The molecular weight excluding hydrogens is 333 g/mol. The van der Waals surface area contributed by atoms with Gasteiger partial charge in [0.15, 0.2) is 0 Å². The zero-order valence-electron chi connectivity index (χ0n) is 13.7. The number of alkyl halides is 3. The molecule has 5 unspecified atom stereocenters. The third-order valence-electron chi connectivity index (χ3n) is 5.88. The van der Waals surface area contributed by atoms with Crippen molar-refractivity contribution >= 4 is 5.91 Å². The molecule has 1 aromatic rings. The lowest BCUT2D eigenvalue weighted by Crippen LogP contribution is -2.63. The molecule has 136 valence electrons. The van der Waals surface area contributed by atoms with Gasteiger partial charge in [0.25, 0.3) is 0 Å². The number of likely N-dealkylation sites (tertiary alicyclic amines) is 1. The van der Waals surface area contributed by atoms with E-state index in [0.717, 1.165) is 23.3 Å². The second kappa shape index (κ2) is 6.25. The van der Waals surface area contributed by atoms with Crippen LogP contribution in [0.4, 0.5) is 13.2 Å². The highest BCUT2D eigenvalue weighted by Crippen LogP contribution is 2.45. The van der Waals surface area contributed by atoms with Gasteiger partial charge in [-0.15, -0.1) is 0 Å². The number of hydrogen-bond donors (Lipinski definition) is 2. The molecule has 0 radical (unpaired) electrons. The molecule has 1 saturated carbocycles. The number of hydrazine groups is 1. The molecule has 2 N–H and O–H groups in total. The van der Waals surface area contributed by atoms with Crippen molar-refractivity contribution in [2.24, 2.45) is 11.8 Å². The number of carbonyl (C=O) groups is 1. The first kappa shape index (κ1) is 16.8. The monoisotopic (exact) mass is 354 g/mol. The van der Waals surface area contributed by atoms with Crippen LogP contribution in [-0.2, 0) is 4.79 Å². The molecule has 5 nitrogen and oxygen atoms in total. The topological polar surface area (TPSA) is 57.3 Å². The summed E-state index contributed by atoms with van der Waals surface area (Å²) in [6.45, 7) is -0.756. The van der Waals surface area contributed by atoms with E-state index < -0.39 is 18.6 Å². The summed E-state index contributed by atoms with van der Waals surface area (Å²) in [5.41, 5.74) is 7.19. The third-order valence-corrected chi connectivity index (χ3v) is 5.88. The lowest BCUT2D eigenvalue weighted by molar-refractivity contribution is -0.178. The highest BCUT2D eigenvalue weighted by atomic mass is 19.4. The summed E-state index contributed by atoms with van der Waals surface area (Å²) >= 11 is 0. The van der Waals surface area contributed by atoms with Crippen molar-refractivity contribution in [1.29, 1.82) is 0 Å². The van der Waals surface area contributed by atoms with Gasteiger partial charge in [-0.2, -0.15) is 13.2 Å². The maximum Gasteiger partial charge on any atom is 0.406 e. The van der Waals surface area contributed by atoms with E-state index in [1.165, 1.54) is 0 Å². The zero-order chi connectivity index (χ0) is 17.6. The summed E-state index contributed by atoms with van der Waals surface area (Å²) in [5.74, 6) is -0.561. The first-order valence-corrected chi connectivity index (χ1v) is 8.69. The summed E-state index contributed by atoms with van der Waals surface area (Å²) in [5, 5.41) is 0. The lowest BCUT2D eigenvalue weighted by Gasteiger charge is -2.50. The Morgan fingerprint density at radius 3 is 2.72 bits per heavy atom. The fourth-order valence-corrected chi connectivity index (χ4v) is 4.81. The van der Waals surface area contributed by atoms with Crippen LogP contribution in [0.1, 0.15) is 30.7 Å². The van der Waals surface area contributed by atoms with Crippen LogP contribution in [0, 0.1) is 11.8 Å². The predicted octanol–water partition coefficient (Wildman–Crippen LogP) is 1.83. The maximum atomic E-state index is 13.1. The number of piperidine rings is 1. The Morgan fingerprint density at radius 2 is 2.00 bits per heavy atom. The summed E-state index contributed by atoms with van der Waals surface area (Å²) < 4.78 is 39.3. The molecule has 0 bridgehead atoms. The molecule has 3 fully saturated rings. The Labute approximate surface area is 144 Å². The van der Waals surface area contributed by atoms with E-state index in [4.69, 9.17) is 0 Å². The van der Waals surface area contributed by atoms with E-state index in [1.807, 2.05) is 12.1 Å². The molecule has 1 aromatic heterocycles. The number of aromatic nitrogens is 1. The van der Waals surface area contributed by atoms with Gasteiger partial charge in [-0.1, -0.05) is 0 Å². The third kappa shape index (κ3) is 3.13. The van der Waals surface area contributed by atoms with Gasteiger partial charge in [0.1, 0.15) is 6.54 Å². The molecule has 0 spiro atoms. The Balaban J connectivity index is 1.62. The maximum absolute atomic E-state index is 13.1. The molecule has 25 heavy (non-hydrogen) atoms. The van der Waals surface area contributed by atoms with Gasteiger partial charge in [0.05, 0.1) is 5.92 Å². The second-order valence-electron chi connectivity index (χ2n) is 7.26. The van der Waals surface area contributed by atoms with Crippen molar-refractivity contribution < 1.29 is 18.0 Å². The fraction of sp³-hybridized carbons (Fsp3) is 0.647. The van der Waals surface area contributed by atoms with Crippen LogP contribution < -0.4 is 10.9 Å². The van der Waals surface area contributed by atoms with Gasteiger partial charge < -0.3 is 4.90 Å². The number of amides is 1. The summed E-state index contributed by atoms with van der Waals surface area (Å²) in [6.07, 6.45) is 1.34. The molecule has 3 heterocycles. The van der Waals surface area contributed by atoms with Gasteiger partial charge in [-0.05, 0) is 48.8 Å². The minimum Gasteiger partial charge on any atom is -0.330 e. The highest BCUT2D eigenvalue weighted by Gasteiger charge is 2.54. The minimum absolute atomic E-state index is 0.0538. The van der Waals surface area contributed by atoms with Crippen LogP contribution in [0.25, 0.3) is 0 Å². The largest absolute Gasteiger partial charge is 0.406 e. The van der Waals surface area contributed by atoms with Gasteiger partial charge in [-0.25, -0.2) is 0 Å². The molecule has 5 atom stereocenters. The van der Waals surface area contributed by atoms with Crippen LogP contribution in [0.3, 0.4) is 0 Å². The number of hydrogen-bond acceptors (Lipinski definition) is 4. The Morgan fingerprint density at radius 1 is 1.24 bits per heavy atom. The Kier molecular flexibility index (Phi) is 4.19. The molecule has 8 heteroatoms. The first-order valence-electron chi connectivity index (χ1n) is 8.69. The first-order chi connectivity index (χ1) is 11.9. The van der Waals surface area contributed by atoms with E-state index in [-0.39, 0.29) is 29.8 Å². The summed E-state index contributed by atoms with van der Waals surface area (Å²) in [7, 11) is 0. The van der Waals surface area contributed by atoms with Crippen molar-refractivity contribution in [3.8, 4) is 0 Å². The van der Waals surface area contributed by atoms with Gasteiger partial charge in [-0.3, -0.25) is 20.6 Å². The van der Waals surface area contributed by atoms with Crippen molar-refractivity contribution in [2.75, 3.05) is 13.1 Å². The Bertz CT molecular complexity index is 639. The molecule has 1 aliphatic carbocycles. The zero-order valence-corrected chi connectivity index (χ0v) is 13.7. The number of nitrogens with zero attached hydrogens (tertiary/aromatic N) is 2. The van der Waals surface area contributed by atoms with E-state index in [1.54, 1.807) is 12.4 Å². The molecule has 0 aromatic carbocycles. The van der Waals surface area contributed by atoms with Gasteiger partial charge in [0, 0.05) is 31.0 Å². The normalized spacial score (nSPS) is 35.4. The number of nitrogens with one attached hydrogen (secondary N) is 2. The molecule has 2 aliphatic heterocycles.